The van der Waals surface area contributed by atoms with Crippen molar-refractivity contribution < 1.29 is 10.2 Å². The summed E-state index contributed by atoms with van der Waals surface area (Å²) in [5, 5.41) is 20.2. The van der Waals surface area contributed by atoms with E-state index in [1.165, 1.54) is 50.5 Å². The first-order chi connectivity index (χ1) is 10.6. The zero-order valence-corrected chi connectivity index (χ0v) is 14.4. The molecule has 0 amide bonds. The van der Waals surface area contributed by atoms with Crippen LogP contribution in [-0.2, 0) is 0 Å². The Labute approximate surface area is 136 Å². The highest BCUT2D eigenvalue weighted by Crippen LogP contribution is 2.21. The third kappa shape index (κ3) is 7.95. The lowest BCUT2D eigenvalue weighted by atomic mass is 9.98. The summed E-state index contributed by atoms with van der Waals surface area (Å²) >= 11 is 0. The largest absolute Gasteiger partial charge is 0.390 e. The van der Waals surface area contributed by atoms with Gasteiger partial charge in [0.2, 0.25) is 0 Å². The SMILES string of the molecule is CCCCCCCCCCCC(O)C(O)c1ccc(C)cc1. The van der Waals surface area contributed by atoms with Crippen molar-refractivity contribution in [3.05, 3.63) is 35.4 Å². The maximum absolute atomic E-state index is 10.2. The van der Waals surface area contributed by atoms with Crippen molar-refractivity contribution in [3.8, 4) is 0 Å². The van der Waals surface area contributed by atoms with Crippen molar-refractivity contribution in [2.45, 2.75) is 90.3 Å². The summed E-state index contributed by atoms with van der Waals surface area (Å²) in [4.78, 5) is 0. The molecule has 0 radical (unpaired) electrons. The molecule has 0 aliphatic rings. The highest BCUT2D eigenvalue weighted by atomic mass is 16.3. The fourth-order valence-corrected chi connectivity index (χ4v) is 2.81. The number of hydrogen-bond donors (Lipinski definition) is 2. The molecule has 0 saturated heterocycles. The van der Waals surface area contributed by atoms with E-state index in [-0.39, 0.29) is 0 Å². The van der Waals surface area contributed by atoms with Gasteiger partial charge in [-0.1, -0.05) is 94.5 Å². The van der Waals surface area contributed by atoms with Crippen LogP contribution in [0.3, 0.4) is 0 Å². The quantitative estimate of drug-likeness (QED) is 0.514. The fraction of sp³-hybridized carbons (Fsp3) is 0.700. The van der Waals surface area contributed by atoms with Crippen LogP contribution in [0.5, 0.6) is 0 Å². The van der Waals surface area contributed by atoms with Gasteiger partial charge in [0, 0.05) is 0 Å². The van der Waals surface area contributed by atoms with Crippen LogP contribution in [0.1, 0.15) is 88.4 Å². The number of rotatable bonds is 12. The second kappa shape index (κ2) is 11.7. The van der Waals surface area contributed by atoms with E-state index in [1.54, 1.807) is 0 Å². The van der Waals surface area contributed by atoms with Crippen LogP contribution in [0.15, 0.2) is 24.3 Å². The summed E-state index contributed by atoms with van der Waals surface area (Å²) in [5.41, 5.74) is 1.98. The van der Waals surface area contributed by atoms with Gasteiger partial charge in [-0.05, 0) is 18.9 Å². The summed E-state index contributed by atoms with van der Waals surface area (Å²) in [6.45, 7) is 4.27. The lowest BCUT2D eigenvalue weighted by Crippen LogP contribution is -2.18. The second-order valence-corrected chi connectivity index (χ2v) is 6.54. The average molecular weight is 306 g/mol. The molecule has 22 heavy (non-hydrogen) atoms. The predicted molar refractivity (Wildman–Crippen MR) is 94.0 cm³/mol. The Morgan fingerprint density at radius 3 is 1.82 bits per heavy atom. The van der Waals surface area contributed by atoms with Crippen LogP contribution in [-0.4, -0.2) is 16.3 Å². The Hall–Kier alpha value is -0.860. The molecule has 1 rings (SSSR count). The van der Waals surface area contributed by atoms with Crippen molar-refractivity contribution in [3.63, 3.8) is 0 Å². The lowest BCUT2D eigenvalue weighted by molar-refractivity contribution is 0.0120. The van der Waals surface area contributed by atoms with E-state index in [2.05, 4.69) is 6.92 Å². The van der Waals surface area contributed by atoms with E-state index in [1.807, 2.05) is 31.2 Å². The minimum atomic E-state index is -0.755. The van der Waals surface area contributed by atoms with Gasteiger partial charge < -0.3 is 10.2 Å². The first kappa shape index (κ1) is 19.2. The van der Waals surface area contributed by atoms with Crippen molar-refractivity contribution in [1.29, 1.82) is 0 Å². The van der Waals surface area contributed by atoms with E-state index < -0.39 is 12.2 Å². The average Bonchev–Trinajstić information content (AvgIpc) is 2.53. The maximum Gasteiger partial charge on any atom is 0.105 e. The van der Waals surface area contributed by atoms with Gasteiger partial charge in [-0.3, -0.25) is 0 Å². The van der Waals surface area contributed by atoms with Crippen LogP contribution in [0.4, 0.5) is 0 Å². The highest BCUT2D eigenvalue weighted by molar-refractivity contribution is 5.23. The minimum Gasteiger partial charge on any atom is -0.390 e. The first-order valence-electron chi connectivity index (χ1n) is 9.08. The summed E-state index contributed by atoms with van der Waals surface area (Å²) in [6.07, 6.45) is 10.7. The zero-order chi connectivity index (χ0) is 16.2. The van der Waals surface area contributed by atoms with Crippen molar-refractivity contribution in [2.24, 2.45) is 0 Å². The second-order valence-electron chi connectivity index (χ2n) is 6.54. The van der Waals surface area contributed by atoms with Gasteiger partial charge in [-0.25, -0.2) is 0 Å². The van der Waals surface area contributed by atoms with Crippen LogP contribution in [0, 0.1) is 6.92 Å². The van der Waals surface area contributed by atoms with Crippen molar-refractivity contribution in [2.75, 3.05) is 0 Å². The molecule has 2 unspecified atom stereocenters. The number of benzene rings is 1. The molecule has 0 aliphatic carbocycles. The van der Waals surface area contributed by atoms with Gasteiger partial charge in [0.25, 0.3) is 0 Å². The van der Waals surface area contributed by atoms with Gasteiger partial charge in [-0.2, -0.15) is 0 Å². The molecule has 0 bridgehead atoms. The number of unbranched alkanes of at least 4 members (excludes halogenated alkanes) is 8. The van der Waals surface area contributed by atoms with Crippen LogP contribution in [0.25, 0.3) is 0 Å². The Kier molecular flexibility index (Phi) is 10.2. The van der Waals surface area contributed by atoms with Crippen molar-refractivity contribution in [1.82, 2.24) is 0 Å². The van der Waals surface area contributed by atoms with Gasteiger partial charge >= 0.3 is 0 Å². The summed E-state index contributed by atoms with van der Waals surface area (Å²) < 4.78 is 0. The van der Waals surface area contributed by atoms with Crippen LogP contribution in [0.2, 0.25) is 0 Å². The molecule has 0 aromatic heterocycles. The molecule has 2 atom stereocenters. The first-order valence-corrected chi connectivity index (χ1v) is 9.08. The monoisotopic (exact) mass is 306 g/mol. The van der Waals surface area contributed by atoms with E-state index in [4.69, 9.17) is 0 Å². The molecule has 2 N–H and O–H groups in total. The van der Waals surface area contributed by atoms with Crippen LogP contribution < -0.4 is 0 Å². The van der Waals surface area contributed by atoms with E-state index in [0.29, 0.717) is 6.42 Å². The summed E-state index contributed by atoms with van der Waals surface area (Å²) in [5.74, 6) is 0. The van der Waals surface area contributed by atoms with Gasteiger partial charge in [0.15, 0.2) is 0 Å². The Morgan fingerprint density at radius 2 is 1.27 bits per heavy atom. The van der Waals surface area contributed by atoms with E-state index in [0.717, 1.165) is 18.4 Å². The number of aliphatic hydroxyl groups excluding tert-OH is 2. The Morgan fingerprint density at radius 1 is 0.773 bits per heavy atom. The highest BCUT2D eigenvalue weighted by Gasteiger charge is 2.17. The topological polar surface area (TPSA) is 40.5 Å². The third-order valence-electron chi connectivity index (χ3n) is 4.39. The normalized spacial score (nSPS) is 14.0. The predicted octanol–water partition coefficient (Wildman–Crippen LogP) is 5.31. The smallest absolute Gasteiger partial charge is 0.105 e. The molecular weight excluding hydrogens is 272 g/mol. The lowest BCUT2D eigenvalue weighted by Gasteiger charge is -2.18. The molecule has 0 saturated carbocycles. The van der Waals surface area contributed by atoms with Crippen LogP contribution >= 0.6 is 0 Å². The molecule has 0 spiro atoms. The Balaban J connectivity index is 2.07. The van der Waals surface area contributed by atoms with E-state index >= 15 is 0 Å². The maximum atomic E-state index is 10.2. The zero-order valence-electron chi connectivity index (χ0n) is 14.4. The van der Waals surface area contributed by atoms with Crippen molar-refractivity contribution >= 4 is 0 Å². The Bertz CT molecular complexity index is 372. The van der Waals surface area contributed by atoms with Gasteiger partial charge in [-0.15, -0.1) is 0 Å². The standard InChI is InChI=1S/C20H34O2/c1-3-4-5-6-7-8-9-10-11-12-19(21)20(22)18-15-13-17(2)14-16-18/h13-16,19-22H,3-12H2,1-2H3. The minimum absolute atomic E-state index is 0.646. The third-order valence-corrected chi connectivity index (χ3v) is 4.39. The van der Waals surface area contributed by atoms with E-state index in [9.17, 15) is 10.2 Å². The summed E-state index contributed by atoms with van der Waals surface area (Å²) in [6, 6.07) is 7.76. The molecule has 1 aromatic rings. The fourth-order valence-electron chi connectivity index (χ4n) is 2.81. The molecule has 0 fully saturated rings. The molecule has 1 aromatic carbocycles. The molecule has 2 heteroatoms. The molecule has 2 nitrogen and oxygen atoms in total. The summed E-state index contributed by atoms with van der Waals surface area (Å²) in [7, 11) is 0. The molecule has 126 valence electrons. The number of hydrogen-bond acceptors (Lipinski definition) is 2. The molecular formula is C20H34O2. The molecule has 0 aliphatic heterocycles. The van der Waals surface area contributed by atoms with Gasteiger partial charge in [0.1, 0.15) is 6.10 Å². The van der Waals surface area contributed by atoms with Gasteiger partial charge in [0.05, 0.1) is 6.10 Å². The molecule has 0 heterocycles. The number of aliphatic hydroxyl groups is 2. The number of aryl methyl sites for hydroxylation is 1.